The van der Waals surface area contributed by atoms with Crippen LogP contribution >= 0.6 is 12.4 Å². The van der Waals surface area contributed by atoms with Crippen LogP contribution < -0.4 is 5.32 Å². The second kappa shape index (κ2) is 7.28. The van der Waals surface area contributed by atoms with Crippen molar-refractivity contribution in [3.05, 3.63) is 35.1 Å². The number of hydrogen-bond acceptors (Lipinski definition) is 3. The van der Waals surface area contributed by atoms with Crippen LogP contribution in [-0.2, 0) is 15.7 Å². The minimum Gasteiger partial charge on any atom is -0.462 e. The molecule has 22 heavy (non-hydrogen) atoms. The van der Waals surface area contributed by atoms with E-state index in [0.717, 1.165) is 12.1 Å². The van der Waals surface area contributed by atoms with Crippen LogP contribution in [0.2, 0.25) is 0 Å². The van der Waals surface area contributed by atoms with Crippen LogP contribution in [0.4, 0.5) is 17.6 Å². The number of benzene rings is 1. The highest BCUT2D eigenvalue weighted by molar-refractivity contribution is 5.85. The van der Waals surface area contributed by atoms with Gasteiger partial charge in [-0.05, 0) is 30.7 Å². The summed E-state index contributed by atoms with van der Waals surface area (Å²) in [6.45, 7) is 1.85. The molecule has 1 saturated heterocycles. The van der Waals surface area contributed by atoms with Crippen molar-refractivity contribution in [2.75, 3.05) is 6.54 Å². The Labute approximate surface area is 131 Å². The van der Waals surface area contributed by atoms with Crippen LogP contribution in [0.3, 0.4) is 0 Å². The van der Waals surface area contributed by atoms with Gasteiger partial charge in [-0.3, -0.25) is 4.79 Å². The molecule has 8 heteroatoms. The SMILES string of the molecule is CC(=O)OC1CCNC(c2ccc(C(F)(F)F)c(F)c2)C1.Cl. The fraction of sp³-hybridized carbons (Fsp3) is 0.500. The highest BCUT2D eigenvalue weighted by Gasteiger charge is 2.34. The second-order valence-electron chi connectivity index (χ2n) is 5.00. The van der Waals surface area contributed by atoms with E-state index in [1.165, 1.54) is 13.0 Å². The Morgan fingerprint density at radius 2 is 2.05 bits per heavy atom. The smallest absolute Gasteiger partial charge is 0.419 e. The molecule has 0 amide bonds. The van der Waals surface area contributed by atoms with Gasteiger partial charge in [0.05, 0.1) is 5.56 Å². The fourth-order valence-electron chi connectivity index (χ4n) is 2.46. The van der Waals surface area contributed by atoms with Crippen LogP contribution in [-0.4, -0.2) is 18.6 Å². The van der Waals surface area contributed by atoms with E-state index < -0.39 is 23.5 Å². The molecule has 0 bridgehead atoms. The molecule has 1 heterocycles. The number of rotatable bonds is 2. The number of piperidine rings is 1. The highest BCUT2D eigenvalue weighted by Crippen LogP contribution is 2.33. The predicted octanol–water partition coefficient (Wildman–Crippen LogP) is 3.62. The molecule has 0 aliphatic carbocycles. The molecule has 1 N–H and O–H groups in total. The first kappa shape index (κ1) is 18.7. The average Bonchev–Trinajstić information content (AvgIpc) is 2.36. The minimum absolute atomic E-state index is 0. The number of carbonyl (C=O) groups is 1. The van der Waals surface area contributed by atoms with Gasteiger partial charge in [0.15, 0.2) is 0 Å². The lowest BCUT2D eigenvalue weighted by Gasteiger charge is -2.30. The first-order valence-electron chi connectivity index (χ1n) is 6.54. The number of hydrogen-bond donors (Lipinski definition) is 1. The standard InChI is InChI=1S/C14H15F4NO2.ClH/c1-8(20)21-10-4-5-19-13(7-10)9-2-3-11(12(15)6-9)14(16,17)18;/h2-3,6,10,13,19H,4-5,7H2,1H3;1H. The van der Waals surface area contributed by atoms with Crippen molar-refractivity contribution in [1.82, 2.24) is 5.32 Å². The number of esters is 1. The normalized spacial score (nSPS) is 21.9. The Balaban J connectivity index is 0.00000242. The molecule has 2 unspecified atom stereocenters. The summed E-state index contributed by atoms with van der Waals surface area (Å²) in [5, 5.41) is 3.08. The Hall–Kier alpha value is -1.34. The monoisotopic (exact) mass is 341 g/mol. The number of ether oxygens (including phenoxy) is 1. The highest BCUT2D eigenvalue weighted by atomic mass is 35.5. The van der Waals surface area contributed by atoms with Crippen molar-refractivity contribution in [3.8, 4) is 0 Å². The molecule has 3 nitrogen and oxygen atoms in total. The quantitative estimate of drug-likeness (QED) is 0.659. The lowest BCUT2D eigenvalue weighted by atomic mass is 9.94. The summed E-state index contributed by atoms with van der Waals surface area (Å²) >= 11 is 0. The Bertz CT molecular complexity index is 536. The fourth-order valence-corrected chi connectivity index (χ4v) is 2.46. The maximum absolute atomic E-state index is 13.6. The van der Waals surface area contributed by atoms with E-state index in [2.05, 4.69) is 5.32 Å². The molecular weight excluding hydrogens is 326 g/mol. The molecule has 0 aromatic heterocycles. The largest absolute Gasteiger partial charge is 0.462 e. The van der Waals surface area contributed by atoms with Crippen LogP contribution in [0.25, 0.3) is 0 Å². The maximum atomic E-state index is 13.6. The zero-order valence-electron chi connectivity index (χ0n) is 11.7. The van der Waals surface area contributed by atoms with Gasteiger partial charge < -0.3 is 10.1 Å². The van der Waals surface area contributed by atoms with Crippen LogP contribution in [0.1, 0.15) is 36.9 Å². The second-order valence-corrected chi connectivity index (χ2v) is 5.00. The Morgan fingerprint density at radius 1 is 1.36 bits per heavy atom. The number of alkyl halides is 3. The molecule has 0 saturated carbocycles. The average molecular weight is 342 g/mol. The van der Waals surface area contributed by atoms with E-state index in [9.17, 15) is 22.4 Å². The Kier molecular flexibility index (Phi) is 6.19. The van der Waals surface area contributed by atoms with Gasteiger partial charge in [-0.2, -0.15) is 13.2 Å². The summed E-state index contributed by atoms with van der Waals surface area (Å²) in [5.41, 5.74) is -0.865. The van der Waals surface area contributed by atoms with Crippen molar-refractivity contribution in [1.29, 1.82) is 0 Å². The van der Waals surface area contributed by atoms with Gasteiger partial charge in [-0.15, -0.1) is 12.4 Å². The summed E-state index contributed by atoms with van der Waals surface area (Å²) in [5.74, 6) is -1.70. The van der Waals surface area contributed by atoms with E-state index >= 15 is 0 Å². The molecule has 2 rings (SSSR count). The lowest BCUT2D eigenvalue weighted by molar-refractivity contribution is -0.148. The third-order valence-electron chi connectivity index (χ3n) is 3.39. The molecule has 1 fully saturated rings. The minimum atomic E-state index is -4.71. The van der Waals surface area contributed by atoms with Gasteiger partial charge in [0.2, 0.25) is 0 Å². The molecule has 1 aliphatic heterocycles. The van der Waals surface area contributed by atoms with Crippen LogP contribution in [0, 0.1) is 5.82 Å². The molecule has 0 radical (unpaired) electrons. The third kappa shape index (κ3) is 4.58. The summed E-state index contributed by atoms with van der Waals surface area (Å²) in [6.07, 6.45) is -3.98. The van der Waals surface area contributed by atoms with E-state index in [1.54, 1.807) is 0 Å². The molecule has 1 aliphatic rings. The summed E-state index contributed by atoms with van der Waals surface area (Å²) in [7, 11) is 0. The number of nitrogens with one attached hydrogen (secondary N) is 1. The first-order valence-corrected chi connectivity index (χ1v) is 6.54. The zero-order valence-corrected chi connectivity index (χ0v) is 12.6. The van der Waals surface area contributed by atoms with Crippen molar-refractivity contribution >= 4 is 18.4 Å². The Morgan fingerprint density at radius 3 is 2.59 bits per heavy atom. The summed E-state index contributed by atoms with van der Waals surface area (Å²) < 4.78 is 56.2. The maximum Gasteiger partial charge on any atom is 0.419 e. The summed E-state index contributed by atoms with van der Waals surface area (Å²) in [4.78, 5) is 10.9. The van der Waals surface area contributed by atoms with E-state index in [1.807, 2.05) is 0 Å². The van der Waals surface area contributed by atoms with Gasteiger partial charge in [0, 0.05) is 19.4 Å². The zero-order chi connectivity index (χ0) is 15.6. The predicted molar refractivity (Wildman–Crippen MR) is 74.2 cm³/mol. The molecule has 0 spiro atoms. The molecular formula is C14H16ClF4NO2. The van der Waals surface area contributed by atoms with Gasteiger partial charge in [0.25, 0.3) is 0 Å². The van der Waals surface area contributed by atoms with Crippen molar-refractivity contribution in [3.63, 3.8) is 0 Å². The number of carbonyl (C=O) groups excluding carboxylic acids is 1. The number of halogens is 5. The van der Waals surface area contributed by atoms with Crippen molar-refractivity contribution in [2.24, 2.45) is 0 Å². The van der Waals surface area contributed by atoms with E-state index in [-0.39, 0.29) is 24.6 Å². The van der Waals surface area contributed by atoms with Crippen LogP contribution in [0.15, 0.2) is 18.2 Å². The molecule has 1 aromatic carbocycles. The topological polar surface area (TPSA) is 38.3 Å². The molecule has 2 atom stereocenters. The first-order chi connectivity index (χ1) is 9.77. The van der Waals surface area contributed by atoms with E-state index in [0.29, 0.717) is 24.9 Å². The molecule has 1 aromatic rings. The van der Waals surface area contributed by atoms with Crippen molar-refractivity contribution < 1.29 is 27.1 Å². The van der Waals surface area contributed by atoms with Gasteiger partial charge in [0.1, 0.15) is 11.9 Å². The van der Waals surface area contributed by atoms with Gasteiger partial charge >= 0.3 is 12.1 Å². The summed E-state index contributed by atoms with van der Waals surface area (Å²) in [6, 6.07) is 2.54. The third-order valence-corrected chi connectivity index (χ3v) is 3.39. The van der Waals surface area contributed by atoms with Crippen molar-refractivity contribution in [2.45, 2.75) is 38.1 Å². The molecule has 124 valence electrons. The lowest BCUT2D eigenvalue weighted by Crippen LogP contribution is -2.36. The van der Waals surface area contributed by atoms with Gasteiger partial charge in [-0.1, -0.05) is 6.07 Å². The van der Waals surface area contributed by atoms with Crippen LogP contribution in [0.5, 0.6) is 0 Å². The van der Waals surface area contributed by atoms with E-state index in [4.69, 9.17) is 4.74 Å². The van der Waals surface area contributed by atoms with Gasteiger partial charge in [-0.25, -0.2) is 4.39 Å².